The van der Waals surface area contributed by atoms with Gasteiger partial charge in [-0.15, -0.1) is 0 Å². The van der Waals surface area contributed by atoms with Crippen molar-refractivity contribution in [3.8, 4) is 0 Å². The van der Waals surface area contributed by atoms with E-state index in [2.05, 4.69) is 5.32 Å². The fourth-order valence-corrected chi connectivity index (χ4v) is 3.45. The van der Waals surface area contributed by atoms with E-state index in [4.69, 9.17) is 23.2 Å². The largest absolute Gasteiger partial charge is 0.324 e. The highest BCUT2D eigenvalue weighted by Crippen LogP contribution is 2.33. The standard InChI is InChI=1S/C18H11Cl2FN2O3S/c19-13-5-4-10(6-14(13)20)7-15-17(25)23(18(26)27-15)9-16(24)22-12-3-1-2-11(21)8-12/h1-8H,9H2,(H,22,24)/b15-7+. The van der Waals surface area contributed by atoms with Gasteiger partial charge in [0.25, 0.3) is 11.1 Å². The Hall–Kier alpha value is -2.35. The van der Waals surface area contributed by atoms with Crippen molar-refractivity contribution in [2.45, 2.75) is 0 Å². The molecule has 3 rings (SSSR count). The molecule has 0 saturated carbocycles. The number of nitrogens with one attached hydrogen (secondary N) is 1. The molecule has 2 aromatic rings. The van der Waals surface area contributed by atoms with Gasteiger partial charge in [-0.1, -0.05) is 35.3 Å². The predicted octanol–water partition coefficient (Wildman–Crippen LogP) is 4.81. The molecule has 27 heavy (non-hydrogen) atoms. The molecule has 0 spiro atoms. The summed E-state index contributed by atoms with van der Waals surface area (Å²) in [5.41, 5.74) is 0.831. The fourth-order valence-electron chi connectivity index (χ4n) is 2.30. The van der Waals surface area contributed by atoms with E-state index in [-0.39, 0.29) is 10.6 Å². The molecule has 0 unspecified atom stereocenters. The maximum Gasteiger partial charge on any atom is 0.294 e. The monoisotopic (exact) mass is 424 g/mol. The maximum atomic E-state index is 13.2. The van der Waals surface area contributed by atoms with Crippen molar-refractivity contribution in [2.75, 3.05) is 11.9 Å². The van der Waals surface area contributed by atoms with E-state index in [0.29, 0.717) is 15.6 Å². The van der Waals surface area contributed by atoms with Crippen molar-refractivity contribution in [1.82, 2.24) is 4.90 Å². The van der Waals surface area contributed by atoms with E-state index in [1.807, 2.05) is 0 Å². The predicted molar refractivity (Wildman–Crippen MR) is 104 cm³/mol. The van der Waals surface area contributed by atoms with Gasteiger partial charge < -0.3 is 5.32 Å². The summed E-state index contributed by atoms with van der Waals surface area (Å²) >= 11 is 12.5. The van der Waals surface area contributed by atoms with Gasteiger partial charge in [0.1, 0.15) is 12.4 Å². The Balaban J connectivity index is 1.71. The van der Waals surface area contributed by atoms with Crippen molar-refractivity contribution in [3.05, 3.63) is 68.8 Å². The topological polar surface area (TPSA) is 66.5 Å². The number of hydrogen-bond acceptors (Lipinski definition) is 4. The Bertz CT molecular complexity index is 981. The number of thioether (sulfide) groups is 1. The van der Waals surface area contributed by atoms with Gasteiger partial charge in [0.15, 0.2) is 0 Å². The Morgan fingerprint density at radius 2 is 1.93 bits per heavy atom. The van der Waals surface area contributed by atoms with Crippen LogP contribution in [0, 0.1) is 5.82 Å². The molecule has 1 heterocycles. The van der Waals surface area contributed by atoms with Crippen LogP contribution in [0.4, 0.5) is 14.9 Å². The van der Waals surface area contributed by atoms with Gasteiger partial charge >= 0.3 is 0 Å². The summed E-state index contributed by atoms with van der Waals surface area (Å²) in [6, 6.07) is 10.1. The summed E-state index contributed by atoms with van der Waals surface area (Å²) in [5.74, 6) is -1.72. The van der Waals surface area contributed by atoms with Crippen LogP contribution in [0.5, 0.6) is 0 Å². The molecule has 2 aromatic carbocycles. The van der Waals surface area contributed by atoms with Crippen LogP contribution in [0.25, 0.3) is 6.08 Å². The molecule has 9 heteroatoms. The number of carbonyl (C=O) groups excluding carboxylic acids is 3. The zero-order valence-electron chi connectivity index (χ0n) is 13.5. The Kier molecular flexibility index (Phi) is 5.84. The minimum Gasteiger partial charge on any atom is -0.324 e. The molecule has 0 atom stereocenters. The first-order chi connectivity index (χ1) is 12.8. The Morgan fingerprint density at radius 1 is 1.15 bits per heavy atom. The zero-order valence-corrected chi connectivity index (χ0v) is 15.9. The molecule has 1 aliphatic rings. The molecule has 1 fully saturated rings. The second-order valence-corrected chi connectivity index (χ2v) is 7.31. The summed E-state index contributed by atoms with van der Waals surface area (Å²) in [6.45, 7) is -0.472. The zero-order chi connectivity index (χ0) is 19.6. The Labute approximate surface area is 168 Å². The number of amides is 3. The van der Waals surface area contributed by atoms with Crippen LogP contribution in [0.1, 0.15) is 5.56 Å². The summed E-state index contributed by atoms with van der Waals surface area (Å²) in [6.07, 6.45) is 1.50. The smallest absolute Gasteiger partial charge is 0.294 e. The fraction of sp³-hybridized carbons (Fsp3) is 0.0556. The van der Waals surface area contributed by atoms with Crippen LogP contribution in [0.15, 0.2) is 47.4 Å². The third-order valence-electron chi connectivity index (χ3n) is 3.53. The van der Waals surface area contributed by atoms with E-state index in [1.165, 1.54) is 24.3 Å². The number of hydrogen-bond donors (Lipinski definition) is 1. The lowest BCUT2D eigenvalue weighted by molar-refractivity contribution is -0.127. The van der Waals surface area contributed by atoms with Gasteiger partial charge in [-0.3, -0.25) is 19.3 Å². The third kappa shape index (κ3) is 4.68. The van der Waals surface area contributed by atoms with Gasteiger partial charge in [-0.25, -0.2) is 4.39 Å². The normalized spacial score (nSPS) is 15.5. The lowest BCUT2D eigenvalue weighted by atomic mass is 10.2. The minimum atomic E-state index is -0.612. The molecule has 3 amide bonds. The molecule has 0 aromatic heterocycles. The molecule has 1 N–H and O–H groups in total. The summed E-state index contributed by atoms with van der Waals surface area (Å²) in [5, 5.41) is 2.56. The Morgan fingerprint density at radius 3 is 2.63 bits per heavy atom. The lowest BCUT2D eigenvalue weighted by Gasteiger charge is -2.12. The first-order valence-corrected chi connectivity index (χ1v) is 9.16. The van der Waals surface area contributed by atoms with Gasteiger partial charge in [0.05, 0.1) is 15.0 Å². The van der Waals surface area contributed by atoms with Crippen molar-refractivity contribution in [3.63, 3.8) is 0 Å². The molecule has 0 radical (unpaired) electrons. The van der Waals surface area contributed by atoms with E-state index < -0.39 is 29.4 Å². The SMILES string of the molecule is O=C(CN1C(=O)S/C(=C/c2ccc(Cl)c(Cl)c2)C1=O)Nc1cccc(F)c1. The summed E-state index contributed by atoms with van der Waals surface area (Å²) in [4.78, 5) is 37.6. The van der Waals surface area contributed by atoms with Crippen molar-refractivity contribution in [2.24, 2.45) is 0 Å². The number of nitrogens with zero attached hydrogens (tertiary/aromatic N) is 1. The highest BCUT2D eigenvalue weighted by atomic mass is 35.5. The summed E-state index contributed by atoms with van der Waals surface area (Å²) in [7, 11) is 0. The molecule has 0 bridgehead atoms. The van der Waals surface area contributed by atoms with Crippen molar-refractivity contribution >= 4 is 63.8 Å². The van der Waals surface area contributed by atoms with Crippen LogP contribution in [-0.2, 0) is 9.59 Å². The van der Waals surface area contributed by atoms with Crippen molar-refractivity contribution < 1.29 is 18.8 Å². The van der Waals surface area contributed by atoms with Gasteiger partial charge in [0, 0.05) is 5.69 Å². The van der Waals surface area contributed by atoms with Gasteiger partial charge in [-0.2, -0.15) is 0 Å². The van der Waals surface area contributed by atoms with E-state index in [1.54, 1.807) is 18.2 Å². The average Bonchev–Trinajstić information content (AvgIpc) is 2.85. The summed E-state index contributed by atoms with van der Waals surface area (Å²) < 4.78 is 13.2. The van der Waals surface area contributed by atoms with Crippen LogP contribution in [-0.4, -0.2) is 28.5 Å². The van der Waals surface area contributed by atoms with E-state index in [0.717, 1.165) is 22.7 Å². The van der Waals surface area contributed by atoms with Gasteiger partial charge in [-0.05, 0) is 53.7 Å². The second kappa shape index (κ2) is 8.12. The van der Waals surface area contributed by atoms with Crippen molar-refractivity contribution in [1.29, 1.82) is 0 Å². The van der Waals surface area contributed by atoms with Crippen LogP contribution >= 0.6 is 35.0 Å². The molecular formula is C18H11Cl2FN2O3S. The molecular weight excluding hydrogens is 414 g/mol. The van der Waals surface area contributed by atoms with E-state index in [9.17, 15) is 18.8 Å². The quantitative estimate of drug-likeness (QED) is 0.715. The highest BCUT2D eigenvalue weighted by Gasteiger charge is 2.36. The molecule has 5 nitrogen and oxygen atoms in total. The number of imide groups is 1. The highest BCUT2D eigenvalue weighted by molar-refractivity contribution is 8.18. The second-order valence-electron chi connectivity index (χ2n) is 5.50. The molecule has 1 saturated heterocycles. The number of anilines is 1. The minimum absolute atomic E-state index is 0.164. The third-order valence-corrected chi connectivity index (χ3v) is 5.17. The number of carbonyl (C=O) groups is 3. The molecule has 0 aliphatic carbocycles. The number of benzene rings is 2. The maximum absolute atomic E-state index is 13.2. The first kappa shape index (κ1) is 19.4. The molecule has 138 valence electrons. The van der Waals surface area contributed by atoms with Crippen LogP contribution in [0.3, 0.4) is 0 Å². The molecule has 1 aliphatic heterocycles. The lowest BCUT2D eigenvalue weighted by Crippen LogP contribution is -2.36. The van der Waals surface area contributed by atoms with E-state index >= 15 is 0 Å². The van der Waals surface area contributed by atoms with Crippen LogP contribution in [0.2, 0.25) is 10.0 Å². The van der Waals surface area contributed by atoms with Gasteiger partial charge in [0.2, 0.25) is 5.91 Å². The average molecular weight is 425 g/mol. The number of rotatable bonds is 4. The number of halogens is 3. The van der Waals surface area contributed by atoms with Crippen LogP contribution < -0.4 is 5.32 Å². The first-order valence-electron chi connectivity index (χ1n) is 7.59.